The topological polar surface area (TPSA) is 66.6 Å². The van der Waals surface area contributed by atoms with Gasteiger partial charge in [0.15, 0.2) is 0 Å². The standard InChI is InChI=1S/C15H16N6OS/c1-11-9-12(14-17-16-10-21(14)18-11)19-4-6-20(7-5-19)15(22)13-3-2-8-23-13/h2-3,8-10H,4-7H2,1H3. The Bertz CT molecular complexity index is 835. The van der Waals surface area contributed by atoms with Crippen molar-refractivity contribution >= 4 is 28.6 Å². The van der Waals surface area contributed by atoms with E-state index < -0.39 is 0 Å². The number of carbonyl (C=O) groups excluding carboxylic acids is 1. The van der Waals surface area contributed by atoms with E-state index in [1.54, 1.807) is 10.8 Å². The van der Waals surface area contributed by atoms with Crippen LogP contribution in [0.2, 0.25) is 0 Å². The highest BCUT2D eigenvalue weighted by molar-refractivity contribution is 7.12. The van der Waals surface area contributed by atoms with Crippen LogP contribution in [0.3, 0.4) is 0 Å². The Morgan fingerprint density at radius 3 is 2.83 bits per heavy atom. The molecule has 0 saturated carbocycles. The Hall–Kier alpha value is -2.48. The first-order valence-electron chi connectivity index (χ1n) is 7.48. The largest absolute Gasteiger partial charge is 0.365 e. The summed E-state index contributed by atoms with van der Waals surface area (Å²) in [6, 6.07) is 5.82. The predicted octanol–water partition coefficient (Wildman–Crippen LogP) is 1.46. The molecule has 0 aromatic carbocycles. The van der Waals surface area contributed by atoms with Gasteiger partial charge >= 0.3 is 0 Å². The van der Waals surface area contributed by atoms with Crippen LogP contribution in [-0.4, -0.2) is 56.8 Å². The third-order valence-electron chi connectivity index (χ3n) is 4.01. The van der Waals surface area contributed by atoms with Crippen molar-refractivity contribution in [2.75, 3.05) is 31.1 Å². The fourth-order valence-corrected chi connectivity index (χ4v) is 3.56. The number of anilines is 1. The van der Waals surface area contributed by atoms with Crippen molar-refractivity contribution in [2.45, 2.75) is 6.92 Å². The summed E-state index contributed by atoms with van der Waals surface area (Å²) in [6.07, 6.45) is 1.61. The number of piperazine rings is 1. The minimum atomic E-state index is 0.123. The van der Waals surface area contributed by atoms with Gasteiger partial charge in [0.2, 0.25) is 5.65 Å². The summed E-state index contributed by atoms with van der Waals surface area (Å²) in [4.78, 5) is 17.4. The van der Waals surface area contributed by atoms with Gasteiger partial charge in [-0.2, -0.15) is 9.61 Å². The molecule has 1 fully saturated rings. The minimum Gasteiger partial charge on any atom is -0.365 e. The molecule has 1 aliphatic rings. The maximum Gasteiger partial charge on any atom is 0.264 e. The SMILES string of the molecule is Cc1cc(N2CCN(C(=O)c3cccs3)CC2)c2nncn2n1. The Kier molecular flexibility index (Phi) is 3.45. The van der Waals surface area contributed by atoms with Gasteiger partial charge in [-0.15, -0.1) is 21.5 Å². The summed E-state index contributed by atoms with van der Waals surface area (Å²) in [7, 11) is 0. The van der Waals surface area contributed by atoms with Crippen molar-refractivity contribution in [3.05, 3.63) is 40.5 Å². The molecule has 0 unspecified atom stereocenters. The Morgan fingerprint density at radius 2 is 2.09 bits per heavy atom. The van der Waals surface area contributed by atoms with E-state index in [9.17, 15) is 4.79 Å². The van der Waals surface area contributed by atoms with E-state index in [1.807, 2.05) is 35.4 Å². The summed E-state index contributed by atoms with van der Waals surface area (Å²) in [5.41, 5.74) is 2.70. The number of aryl methyl sites for hydroxylation is 1. The van der Waals surface area contributed by atoms with Gasteiger partial charge in [-0.05, 0) is 24.4 Å². The summed E-state index contributed by atoms with van der Waals surface area (Å²) in [5, 5.41) is 14.4. The van der Waals surface area contributed by atoms with Crippen LogP contribution in [0.1, 0.15) is 15.4 Å². The van der Waals surface area contributed by atoms with E-state index in [0.29, 0.717) is 13.1 Å². The maximum atomic E-state index is 12.4. The van der Waals surface area contributed by atoms with E-state index >= 15 is 0 Å². The Balaban J connectivity index is 1.53. The van der Waals surface area contributed by atoms with Crippen LogP contribution in [0, 0.1) is 6.92 Å². The fraction of sp³-hybridized carbons (Fsp3) is 0.333. The molecule has 3 aromatic heterocycles. The molecule has 1 aliphatic heterocycles. The molecule has 3 aromatic rings. The third-order valence-corrected chi connectivity index (χ3v) is 4.87. The van der Waals surface area contributed by atoms with E-state index in [-0.39, 0.29) is 5.91 Å². The molecular weight excluding hydrogens is 312 g/mol. The quantitative estimate of drug-likeness (QED) is 0.712. The van der Waals surface area contributed by atoms with Crippen LogP contribution in [-0.2, 0) is 0 Å². The summed E-state index contributed by atoms with van der Waals surface area (Å²) < 4.78 is 1.70. The first-order valence-corrected chi connectivity index (χ1v) is 8.36. The lowest BCUT2D eigenvalue weighted by Gasteiger charge is -2.35. The number of amides is 1. The molecule has 0 aliphatic carbocycles. The predicted molar refractivity (Wildman–Crippen MR) is 88.0 cm³/mol. The van der Waals surface area contributed by atoms with E-state index in [0.717, 1.165) is 35.0 Å². The highest BCUT2D eigenvalue weighted by atomic mass is 32.1. The smallest absolute Gasteiger partial charge is 0.264 e. The number of hydrogen-bond donors (Lipinski definition) is 0. The number of carbonyl (C=O) groups is 1. The number of fused-ring (bicyclic) bond motifs is 1. The minimum absolute atomic E-state index is 0.123. The normalized spacial score (nSPS) is 15.3. The van der Waals surface area contributed by atoms with Gasteiger partial charge in [-0.1, -0.05) is 6.07 Å². The number of thiophene rings is 1. The summed E-state index contributed by atoms with van der Waals surface area (Å²) >= 11 is 1.49. The van der Waals surface area contributed by atoms with E-state index in [4.69, 9.17) is 0 Å². The molecule has 4 rings (SSSR count). The molecule has 7 nitrogen and oxygen atoms in total. The first-order chi connectivity index (χ1) is 11.2. The lowest BCUT2D eigenvalue weighted by atomic mass is 10.2. The Labute approximate surface area is 137 Å². The van der Waals surface area contributed by atoms with Crippen LogP contribution >= 0.6 is 11.3 Å². The highest BCUT2D eigenvalue weighted by Gasteiger charge is 2.24. The second-order valence-electron chi connectivity index (χ2n) is 5.53. The number of hydrogen-bond acceptors (Lipinski definition) is 6. The van der Waals surface area contributed by atoms with Gasteiger partial charge < -0.3 is 9.80 Å². The number of rotatable bonds is 2. The molecule has 1 saturated heterocycles. The molecular formula is C15H16N6OS. The van der Waals surface area contributed by atoms with Crippen LogP contribution in [0.25, 0.3) is 5.65 Å². The zero-order valence-electron chi connectivity index (χ0n) is 12.7. The van der Waals surface area contributed by atoms with Crippen LogP contribution in [0.4, 0.5) is 5.69 Å². The number of nitrogens with zero attached hydrogens (tertiary/aromatic N) is 6. The summed E-state index contributed by atoms with van der Waals surface area (Å²) in [5.74, 6) is 0.123. The van der Waals surface area contributed by atoms with Crippen molar-refractivity contribution in [2.24, 2.45) is 0 Å². The molecule has 0 N–H and O–H groups in total. The zero-order valence-corrected chi connectivity index (χ0v) is 13.5. The van der Waals surface area contributed by atoms with Gasteiger partial charge in [0.05, 0.1) is 16.3 Å². The molecule has 4 heterocycles. The molecule has 23 heavy (non-hydrogen) atoms. The van der Waals surface area contributed by atoms with Crippen molar-refractivity contribution in [3.63, 3.8) is 0 Å². The van der Waals surface area contributed by atoms with Crippen molar-refractivity contribution in [1.82, 2.24) is 24.7 Å². The zero-order chi connectivity index (χ0) is 15.8. The molecule has 1 amide bonds. The second kappa shape index (κ2) is 5.62. The van der Waals surface area contributed by atoms with Crippen molar-refractivity contribution < 1.29 is 4.79 Å². The fourth-order valence-electron chi connectivity index (χ4n) is 2.87. The monoisotopic (exact) mass is 328 g/mol. The van der Waals surface area contributed by atoms with E-state index in [1.165, 1.54) is 11.3 Å². The van der Waals surface area contributed by atoms with Gasteiger partial charge in [0.25, 0.3) is 5.91 Å². The van der Waals surface area contributed by atoms with E-state index in [2.05, 4.69) is 20.2 Å². The van der Waals surface area contributed by atoms with Crippen molar-refractivity contribution in [3.8, 4) is 0 Å². The molecule has 0 atom stereocenters. The average Bonchev–Trinajstić information content (AvgIpc) is 3.25. The molecule has 0 bridgehead atoms. The van der Waals surface area contributed by atoms with Crippen LogP contribution in [0.15, 0.2) is 29.9 Å². The third kappa shape index (κ3) is 2.55. The molecule has 0 radical (unpaired) electrons. The number of aromatic nitrogens is 4. The lowest BCUT2D eigenvalue weighted by Crippen LogP contribution is -2.48. The lowest BCUT2D eigenvalue weighted by molar-refractivity contribution is 0.0751. The molecule has 0 spiro atoms. The van der Waals surface area contributed by atoms with Gasteiger partial charge in [0, 0.05) is 26.2 Å². The highest BCUT2D eigenvalue weighted by Crippen LogP contribution is 2.22. The Morgan fingerprint density at radius 1 is 1.26 bits per heavy atom. The average molecular weight is 328 g/mol. The van der Waals surface area contributed by atoms with Crippen molar-refractivity contribution in [1.29, 1.82) is 0 Å². The van der Waals surface area contributed by atoms with Crippen LogP contribution in [0.5, 0.6) is 0 Å². The summed E-state index contributed by atoms with van der Waals surface area (Å²) in [6.45, 7) is 4.93. The maximum absolute atomic E-state index is 12.4. The molecule has 8 heteroatoms. The van der Waals surface area contributed by atoms with Gasteiger partial charge in [-0.25, -0.2) is 0 Å². The molecule has 118 valence electrons. The van der Waals surface area contributed by atoms with Gasteiger partial charge in [-0.3, -0.25) is 4.79 Å². The van der Waals surface area contributed by atoms with Crippen LogP contribution < -0.4 is 4.90 Å². The van der Waals surface area contributed by atoms with Gasteiger partial charge in [0.1, 0.15) is 6.33 Å². The second-order valence-corrected chi connectivity index (χ2v) is 6.47. The first kappa shape index (κ1) is 14.1.